The van der Waals surface area contributed by atoms with E-state index in [9.17, 15) is 0 Å². The van der Waals surface area contributed by atoms with Gasteiger partial charge in [0.05, 0.1) is 26.9 Å². The molecule has 0 aromatic heterocycles. The minimum atomic E-state index is 0.727. The molecule has 0 heterocycles. The van der Waals surface area contributed by atoms with E-state index in [1.54, 1.807) is 21.3 Å². The molecule has 0 aliphatic heterocycles. The van der Waals surface area contributed by atoms with Crippen molar-refractivity contribution in [1.29, 1.82) is 0 Å². The summed E-state index contributed by atoms with van der Waals surface area (Å²) in [5.74, 6) is 8.81. The Bertz CT molecular complexity index is 1130. The van der Waals surface area contributed by atoms with Crippen LogP contribution >= 0.6 is 0 Å². The summed E-state index contributed by atoms with van der Waals surface area (Å²) < 4.78 is 16.2. The van der Waals surface area contributed by atoms with Gasteiger partial charge in [-0.05, 0) is 84.1 Å². The lowest BCUT2D eigenvalue weighted by molar-refractivity contribution is 0.411. The highest BCUT2D eigenvalue weighted by Crippen LogP contribution is 2.31. The third-order valence-electron chi connectivity index (χ3n) is 5.17. The molecule has 3 heteroatoms. The lowest BCUT2D eigenvalue weighted by Gasteiger charge is -2.14. The molecule has 0 bridgehead atoms. The lowest BCUT2D eigenvalue weighted by atomic mass is 9.94. The predicted octanol–water partition coefficient (Wildman–Crippen LogP) is 5.79. The summed E-state index contributed by atoms with van der Waals surface area (Å²) in [6, 6.07) is 17.8. The van der Waals surface area contributed by atoms with Crippen LogP contribution < -0.4 is 14.2 Å². The van der Waals surface area contributed by atoms with E-state index in [0.29, 0.717) is 0 Å². The SMILES string of the molecule is C=C(c1ccc(OC)c(C#Cc2ccc(OC)cc2)c1)c1cc(C)c(C)c(OC)c1. The molecular weight excluding hydrogens is 372 g/mol. The Morgan fingerprint density at radius 2 is 1.43 bits per heavy atom. The number of methoxy groups -OCH3 is 3. The van der Waals surface area contributed by atoms with Gasteiger partial charge in [-0.3, -0.25) is 0 Å². The van der Waals surface area contributed by atoms with Gasteiger partial charge in [0, 0.05) is 5.56 Å². The Kier molecular flexibility index (Phi) is 6.49. The second-order valence-electron chi connectivity index (χ2n) is 6.99. The molecule has 0 spiro atoms. The van der Waals surface area contributed by atoms with E-state index >= 15 is 0 Å². The smallest absolute Gasteiger partial charge is 0.134 e. The Morgan fingerprint density at radius 3 is 2.07 bits per heavy atom. The maximum atomic E-state index is 5.52. The van der Waals surface area contributed by atoms with E-state index in [0.717, 1.165) is 50.6 Å². The van der Waals surface area contributed by atoms with E-state index in [1.165, 1.54) is 5.56 Å². The summed E-state index contributed by atoms with van der Waals surface area (Å²) in [5, 5.41) is 0. The zero-order chi connectivity index (χ0) is 21.7. The fourth-order valence-corrected chi connectivity index (χ4v) is 3.19. The molecule has 30 heavy (non-hydrogen) atoms. The first kappa shape index (κ1) is 21.1. The Balaban J connectivity index is 1.97. The van der Waals surface area contributed by atoms with Gasteiger partial charge in [0.2, 0.25) is 0 Å². The minimum absolute atomic E-state index is 0.727. The number of ether oxygens (including phenoxy) is 3. The molecule has 0 aliphatic carbocycles. The maximum absolute atomic E-state index is 5.52. The van der Waals surface area contributed by atoms with Crippen molar-refractivity contribution in [2.45, 2.75) is 13.8 Å². The van der Waals surface area contributed by atoms with Crippen LogP contribution in [0, 0.1) is 25.7 Å². The van der Waals surface area contributed by atoms with Gasteiger partial charge in [-0.2, -0.15) is 0 Å². The van der Waals surface area contributed by atoms with E-state index in [-0.39, 0.29) is 0 Å². The van der Waals surface area contributed by atoms with Gasteiger partial charge in [0.15, 0.2) is 0 Å². The molecule has 0 unspecified atom stereocenters. The fourth-order valence-electron chi connectivity index (χ4n) is 3.19. The minimum Gasteiger partial charge on any atom is -0.497 e. The molecule has 0 amide bonds. The van der Waals surface area contributed by atoms with Gasteiger partial charge >= 0.3 is 0 Å². The third kappa shape index (κ3) is 4.50. The zero-order valence-corrected chi connectivity index (χ0v) is 18.1. The van der Waals surface area contributed by atoms with E-state index in [4.69, 9.17) is 14.2 Å². The molecule has 0 N–H and O–H groups in total. The molecule has 0 saturated carbocycles. The van der Waals surface area contributed by atoms with Crippen LogP contribution in [0.5, 0.6) is 17.2 Å². The second kappa shape index (κ2) is 9.24. The first-order valence-electron chi connectivity index (χ1n) is 9.65. The highest BCUT2D eigenvalue weighted by atomic mass is 16.5. The van der Waals surface area contributed by atoms with Crippen molar-refractivity contribution in [1.82, 2.24) is 0 Å². The van der Waals surface area contributed by atoms with Crippen molar-refractivity contribution in [2.24, 2.45) is 0 Å². The van der Waals surface area contributed by atoms with Gasteiger partial charge < -0.3 is 14.2 Å². The first-order chi connectivity index (χ1) is 14.5. The van der Waals surface area contributed by atoms with Crippen LogP contribution in [0.25, 0.3) is 5.57 Å². The molecule has 0 fully saturated rings. The zero-order valence-electron chi connectivity index (χ0n) is 18.1. The van der Waals surface area contributed by atoms with Gasteiger partial charge in [0.1, 0.15) is 17.2 Å². The largest absolute Gasteiger partial charge is 0.497 e. The normalized spacial score (nSPS) is 10.0. The molecule has 3 nitrogen and oxygen atoms in total. The van der Waals surface area contributed by atoms with Crippen LogP contribution in [0.1, 0.15) is 33.4 Å². The van der Waals surface area contributed by atoms with Crippen molar-refractivity contribution >= 4 is 5.57 Å². The van der Waals surface area contributed by atoms with Crippen molar-refractivity contribution in [3.8, 4) is 29.1 Å². The van der Waals surface area contributed by atoms with Crippen LogP contribution in [0.2, 0.25) is 0 Å². The number of aryl methyl sites for hydroxylation is 1. The molecule has 0 aliphatic rings. The van der Waals surface area contributed by atoms with E-state index < -0.39 is 0 Å². The van der Waals surface area contributed by atoms with Gasteiger partial charge in [-0.1, -0.05) is 30.6 Å². The molecule has 0 atom stereocenters. The molecule has 0 saturated heterocycles. The molecule has 3 aromatic carbocycles. The highest BCUT2D eigenvalue weighted by molar-refractivity contribution is 5.80. The third-order valence-corrected chi connectivity index (χ3v) is 5.17. The molecule has 152 valence electrons. The number of hydrogen-bond donors (Lipinski definition) is 0. The van der Waals surface area contributed by atoms with Crippen molar-refractivity contribution in [3.05, 3.63) is 94.6 Å². The molecule has 3 rings (SSSR count). The number of hydrogen-bond acceptors (Lipinski definition) is 3. The van der Waals surface area contributed by atoms with E-state index in [2.05, 4.69) is 38.3 Å². The van der Waals surface area contributed by atoms with Gasteiger partial charge in [-0.15, -0.1) is 0 Å². The lowest BCUT2D eigenvalue weighted by Crippen LogP contribution is -1.96. The molecule has 3 aromatic rings. The van der Waals surface area contributed by atoms with Crippen molar-refractivity contribution in [2.75, 3.05) is 21.3 Å². The topological polar surface area (TPSA) is 27.7 Å². The highest BCUT2D eigenvalue weighted by Gasteiger charge is 2.11. The quantitative estimate of drug-likeness (QED) is 0.509. The Morgan fingerprint density at radius 1 is 0.733 bits per heavy atom. The van der Waals surface area contributed by atoms with Crippen LogP contribution in [-0.4, -0.2) is 21.3 Å². The van der Waals surface area contributed by atoms with Crippen molar-refractivity contribution in [3.63, 3.8) is 0 Å². The first-order valence-corrected chi connectivity index (χ1v) is 9.65. The standard InChI is InChI=1S/C27H26O3/c1-18-15-24(17-27(30-6)19(18)2)20(3)22-11-14-26(29-5)23(16-22)10-7-21-8-12-25(28-4)13-9-21/h8-9,11-17H,3H2,1-2,4-6H3. The second-order valence-corrected chi connectivity index (χ2v) is 6.99. The summed E-state index contributed by atoms with van der Waals surface area (Å²) >= 11 is 0. The predicted molar refractivity (Wildman–Crippen MR) is 123 cm³/mol. The van der Waals surface area contributed by atoms with Gasteiger partial charge in [0.25, 0.3) is 0 Å². The monoisotopic (exact) mass is 398 g/mol. The summed E-state index contributed by atoms with van der Waals surface area (Å²) in [6.07, 6.45) is 0. The fraction of sp³-hybridized carbons (Fsp3) is 0.185. The average molecular weight is 399 g/mol. The van der Waals surface area contributed by atoms with Crippen LogP contribution in [0.15, 0.2) is 61.2 Å². The summed E-state index contributed by atoms with van der Waals surface area (Å²) in [7, 11) is 4.99. The number of rotatable bonds is 5. The number of benzene rings is 3. The maximum Gasteiger partial charge on any atom is 0.134 e. The van der Waals surface area contributed by atoms with Crippen LogP contribution in [0.3, 0.4) is 0 Å². The van der Waals surface area contributed by atoms with E-state index in [1.807, 2.05) is 48.5 Å². The summed E-state index contributed by atoms with van der Waals surface area (Å²) in [5.41, 5.74) is 6.93. The van der Waals surface area contributed by atoms with Gasteiger partial charge in [-0.25, -0.2) is 0 Å². The Labute approximate surface area is 178 Å². The van der Waals surface area contributed by atoms with Crippen LogP contribution in [-0.2, 0) is 0 Å². The average Bonchev–Trinajstić information content (AvgIpc) is 2.79. The van der Waals surface area contributed by atoms with Crippen molar-refractivity contribution < 1.29 is 14.2 Å². The molecule has 0 radical (unpaired) electrons. The van der Waals surface area contributed by atoms with Crippen LogP contribution in [0.4, 0.5) is 0 Å². The summed E-state index contributed by atoms with van der Waals surface area (Å²) in [6.45, 7) is 8.45. The molecular formula is C27H26O3. The Hall–Kier alpha value is -3.64. The summed E-state index contributed by atoms with van der Waals surface area (Å²) in [4.78, 5) is 0.